The van der Waals surface area contributed by atoms with E-state index in [-0.39, 0.29) is 21.3 Å². The molecule has 0 unspecified atom stereocenters. The third-order valence-corrected chi connectivity index (χ3v) is 5.30. The molecule has 1 aliphatic heterocycles. The highest BCUT2D eigenvalue weighted by atomic mass is 32.2. The summed E-state index contributed by atoms with van der Waals surface area (Å²) in [5.41, 5.74) is 0.573. The Morgan fingerprint density at radius 2 is 1.93 bits per heavy atom. The number of carbonyl (C=O) groups excluding carboxylic acids is 1. The topological polar surface area (TPSA) is 115 Å². The van der Waals surface area contributed by atoms with Crippen molar-refractivity contribution < 1.29 is 24.3 Å². The average molecular weight is 445 g/mol. The Morgan fingerprint density at radius 1 is 1.20 bits per heavy atom. The van der Waals surface area contributed by atoms with Crippen LogP contribution in [0.5, 0.6) is 17.2 Å². The molecule has 0 bridgehead atoms. The summed E-state index contributed by atoms with van der Waals surface area (Å²) >= 11 is 6.27. The van der Waals surface area contributed by atoms with Crippen LogP contribution in [-0.4, -0.2) is 45.7 Å². The molecule has 1 N–H and O–H groups in total. The van der Waals surface area contributed by atoms with Gasteiger partial charge >= 0.3 is 0 Å². The van der Waals surface area contributed by atoms with Gasteiger partial charge in [-0.05, 0) is 42.1 Å². The number of benzene rings is 2. The van der Waals surface area contributed by atoms with Gasteiger partial charge in [0.05, 0.1) is 30.3 Å². The number of thioether (sulfide) groups is 1. The molecule has 3 rings (SSSR count). The molecular weight excluding hydrogens is 430 g/mol. The van der Waals surface area contributed by atoms with Crippen LogP contribution in [0.15, 0.2) is 46.4 Å². The lowest BCUT2D eigenvalue weighted by Crippen LogP contribution is -2.22. The Hall–Kier alpha value is -3.44. The van der Waals surface area contributed by atoms with E-state index in [4.69, 9.17) is 21.7 Å². The van der Waals surface area contributed by atoms with Crippen molar-refractivity contribution in [2.45, 2.75) is 0 Å². The molecule has 1 aliphatic rings. The summed E-state index contributed by atoms with van der Waals surface area (Å²) < 4.78 is 10.6. The highest BCUT2D eigenvalue weighted by Crippen LogP contribution is 2.35. The van der Waals surface area contributed by atoms with Gasteiger partial charge in [-0.15, -0.1) is 0 Å². The first-order valence-electron chi connectivity index (χ1n) is 8.35. The first-order chi connectivity index (χ1) is 14.3. The standard InChI is InChI=1S/C19H15N3O6S2/c1-27-15-6-3-11(7-16(15)28-2)8-17-18(24)21(19(29)30-17)20-10-12-9-13(22(25)26)4-5-14(12)23/h3-10,23H,1-2H3/b17-8+,20-10+. The second-order valence-electron chi connectivity index (χ2n) is 5.85. The van der Waals surface area contributed by atoms with E-state index in [9.17, 15) is 20.0 Å². The molecule has 1 fully saturated rings. The van der Waals surface area contributed by atoms with Crippen molar-refractivity contribution in [2.75, 3.05) is 14.2 Å². The fourth-order valence-electron chi connectivity index (χ4n) is 2.53. The second kappa shape index (κ2) is 8.93. The highest BCUT2D eigenvalue weighted by Gasteiger charge is 2.32. The van der Waals surface area contributed by atoms with E-state index < -0.39 is 10.8 Å². The predicted molar refractivity (Wildman–Crippen MR) is 117 cm³/mol. The number of rotatable bonds is 6. The third kappa shape index (κ3) is 4.42. The van der Waals surface area contributed by atoms with Crippen molar-refractivity contribution in [1.82, 2.24) is 5.01 Å². The number of nitrogens with zero attached hydrogens (tertiary/aromatic N) is 3. The average Bonchev–Trinajstić information content (AvgIpc) is 2.99. The van der Waals surface area contributed by atoms with Gasteiger partial charge in [-0.1, -0.05) is 17.8 Å². The molecule has 11 heteroatoms. The molecule has 0 spiro atoms. The minimum Gasteiger partial charge on any atom is -0.507 e. The van der Waals surface area contributed by atoms with Crippen LogP contribution in [-0.2, 0) is 4.79 Å². The van der Waals surface area contributed by atoms with Crippen molar-refractivity contribution in [3.63, 3.8) is 0 Å². The van der Waals surface area contributed by atoms with Gasteiger partial charge in [-0.2, -0.15) is 10.1 Å². The largest absolute Gasteiger partial charge is 0.507 e. The lowest BCUT2D eigenvalue weighted by Gasteiger charge is -2.08. The number of nitro benzene ring substituents is 1. The van der Waals surface area contributed by atoms with E-state index in [2.05, 4.69) is 5.10 Å². The number of hydrogen-bond donors (Lipinski definition) is 1. The van der Waals surface area contributed by atoms with Crippen LogP contribution < -0.4 is 9.47 Å². The number of aromatic hydroxyl groups is 1. The molecular formula is C19H15N3O6S2. The van der Waals surface area contributed by atoms with E-state index in [1.807, 2.05) is 0 Å². The molecule has 30 heavy (non-hydrogen) atoms. The molecule has 2 aromatic carbocycles. The molecule has 0 saturated carbocycles. The van der Waals surface area contributed by atoms with E-state index >= 15 is 0 Å². The number of thiocarbonyl (C=S) groups is 1. The van der Waals surface area contributed by atoms with Crippen LogP contribution in [0, 0.1) is 10.1 Å². The quantitative estimate of drug-likeness (QED) is 0.236. The number of methoxy groups -OCH3 is 2. The van der Waals surface area contributed by atoms with E-state index in [1.165, 1.54) is 20.3 Å². The minimum absolute atomic E-state index is 0.0853. The summed E-state index contributed by atoms with van der Waals surface area (Å²) in [4.78, 5) is 23.3. The second-order valence-corrected chi connectivity index (χ2v) is 7.53. The third-order valence-electron chi connectivity index (χ3n) is 4.01. The van der Waals surface area contributed by atoms with Crippen molar-refractivity contribution in [3.8, 4) is 17.2 Å². The normalized spacial score (nSPS) is 15.3. The number of hydrogen-bond acceptors (Lipinski definition) is 9. The number of nitro groups is 1. The molecule has 154 valence electrons. The Labute approximate surface area is 180 Å². The zero-order chi connectivity index (χ0) is 21.8. The van der Waals surface area contributed by atoms with E-state index in [1.54, 1.807) is 24.3 Å². The molecule has 0 radical (unpaired) electrons. The van der Waals surface area contributed by atoms with Gasteiger partial charge in [-0.3, -0.25) is 14.9 Å². The predicted octanol–water partition coefficient (Wildman–Crippen LogP) is 3.55. The van der Waals surface area contributed by atoms with E-state index in [0.29, 0.717) is 22.0 Å². The van der Waals surface area contributed by atoms with Gasteiger partial charge in [0.25, 0.3) is 11.6 Å². The van der Waals surface area contributed by atoms with Gasteiger partial charge in [0.15, 0.2) is 15.8 Å². The molecule has 2 aromatic rings. The highest BCUT2D eigenvalue weighted by molar-refractivity contribution is 8.26. The van der Waals surface area contributed by atoms with Crippen LogP contribution in [0.1, 0.15) is 11.1 Å². The Bertz CT molecular complexity index is 1100. The first kappa shape index (κ1) is 21.3. The summed E-state index contributed by atoms with van der Waals surface area (Å²) in [7, 11) is 3.04. The van der Waals surface area contributed by atoms with Gasteiger partial charge in [0.2, 0.25) is 0 Å². The van der Waals surface area contributed by atoms with Crippen molar-refractivity contribution in [3.05, 3.63) is 62.5 Å². The molecule has 9 nitrogen and oxygen atoms in total. The monoisotopic (exact) mass is 445 g/mol. The maximum atomic E-state index is 12.7. The van der Waals surface area contributed by atoms with Crippen LogP contribution in [0.2, 0.25) is 0 Å². The zero-order valence-corrected chi connectivity index (χ0v) is 17.4. The van der Waals surface area contributed by atoms with Gasteiger partial charge in [0.1, 0.15) is 5.75 Å². The van der Waals surface area contributed by atoms with Crippen LogP contribution in [0.3, 0.4) is 0 Å². The summed E-state index contributed by atoms with van der Waals surface area (Å²) in [5.74, 6) is 0.404. The summed E-state index contributed by atoms with van der Waals surface area (Å²) in [6, 6.07) is 8.69. The number of phenols is 1. The Morgan fingerprint density at radius 3 is 2.60 bits per heavy atom. The molecule has 0 aliphatic carbocycles. The summed E-state index contributed by atoms with van der Waals surface area (Å²) in [6.07, 6.45) is 2.79. The number of ether oxygens (including phenoxy) is 2. The first-order valence-corrected chi connectivity index (χ1v) is 9.58. The van der Waals surface area contributed by atoms with Crippen LogP contribution in [0.25, 0.3) is 6.08 Å². The maximum Gasteiger partial charge on any atom is 0.286 e. The number of amides is 1. The van der Waals surface area contributed by atoms with Crippen molar-refractivity contribution in [1.29, 1.82) is 0 Å². The molecule has 1 saturated heterocycles. The van der Waals surface area contributed by atoms with Gasteiger partial charge < -0.3 is 14.6 Å². The van der Waals surface area contributed by atoms with Crippen LogP contribution >= 0.6 is 24.0 Å². The number of hydrazone groups is 1. The lowest BCUT2D eigenvalue weighted by molar-refractivity contribution is -0.384. The summed E-state index contributed by atoms with van der Waals surface area (Å²) in [5, 5.41) is 25.8. The minimum atomic E-state index is -0.595. The van der Waals surface area contributed by atoms with Crippen molar-refractivity contribution in [2.24, 2.45) is 5.10 Å². The smallest absolute Gasteiger partial charge is 0.286 e. The SMILES string of the molecule is COc1ccc(/C=C2/SC(=S)N(/N=C/c3cc([N+](=O)[O-])ccc3O)C2=O)cc1OC. The van der Waals surface area contributed by atoms with Crippen molar-refractivity contribution >= 4 is 52.2 Å². The fourth-order valence-corrected chi connectivity index (χ4v) is 3.70. The molecule has 1 heterocycles. The van der Waals surface area contributed by atoms with E-state index in [0.717, 1.165) is 35.1 Å². The Kier molecular flexibility index (Phi) is 6.33. The lowest BCUT2D eigenvalue weighted by atomic mass is 10.2. The summed E-state index contributed by atoms with van der Waals surface area (Å²) in [6.45, 7) is 0. The molecule has 0 atom stereocenters. The number of non-ortho nitro benzene ring substituents is 1. The fraction of sp³-hybridized carbons (Fsp3) is 0.105. The van der Waals surface area contributed by atoms with Gasteiger partial charge in [0, 0.05) is 17.7 Å². The maximum absolute atomic E-state index is 12.7. The number of carbonyl (C=O) groups is 1. The number of phenolic OH excluding ortho intramolecular Hbond substituents is 1. The molecule has 1 amide bonds. The zero-order valence-electron chi connectivity index (χ0n) is 15.8. The van der Waals surface area contributed by atoms with Crippen LogP contribution in [0.4, 0.5) is 5.69 Å². The Balaban J connectivity index is 1.85. The molecule has 0 aromatic heterocycles. The van der Waals surface area contributed by atoms with Gasteiger partial charge in [-0.25, -0.2) is 0 Å².